The van der Waals surface area contributed by atoms with Gasteiger partial charge in [-0.05, 0) is 25.0 Å². The monoisotopic (exact) mass is 309 g/mol. The van der Waals surface area contributed by atoms with E-state index < -0.39 is 6.67 Å². The molecule has 0 aliphatic carbocycles. The molecule has 1 atom stereocenters. The maximum absolute atomic E-state index is 12.0. The van der Waals surface area contributed by atoms with Crippen LogP contribution in [0.4, 0.5) is 14.9 Å². The van der Waals surface area contributed by atoms with E-state index in [4.69, 9.17) is 4.74 Å². The van der Waals surface area contributed by atoms with Crippen LogP contribution in [0.15, 0.2) is 24.3 Å². The summed E-state index contributed by atoms with van der Waals surface area (Å²) in [5, 5.41) is 5.56. The van der Waals surface area contributed by atoms with Crippen molar-refractivity contribution >= 4 is 11.7 Å². The maximum atomic E-state index is 12.0. The highest BCUT2D eigenvalue weighted by atomic mass is 19.1. The summed E-state index contributed by atoms with van der Waals surface area (Å²) >= 11 is 0. The molecule has 1 fully saturated rings. The lowest BCUT2D eigenvalue weighted by atomic mass is 10.0. The summed E-state index contributed by atoms with van der Waals surface area (Å²) in [5.41, 5.74) is 2.20. The summed E-state index contributed by atoms with van der Waals surface area (Å²) in [7, 11) is 0. The van der Waals surface area contributed by atoms with E-state index in [2.05, 4.69) is 21.6 Å². The number of halogens is 1. The number of carbonyl (C=O) groups excluding carboxylic acids is 1. The number of ether oxygens (including phenoxy) is 1. The van der Waals surface area contributed by atoms with Crippen molar-refractivity contribution in [3.05, 3.63) is 29.8 Å². The minimum absolute atomic E-state index is 0.121. The van der Waals surface area contributed by atoms with Crippen molar-refractivity contribution in [3.63, 3.8) is 0 Å². The molecule has 22 heavy (non-hydrogen) atoms. The van der Waals surface area contributed by atoms with Gasteiger partial charge in [-0.25, -0.2) is 4.79 Å². The third-order valence-electron chi connectivity index (χ3n) is 3.70. The lowest BCUT2D eigenvalue weighted by Crippen LogP contribution is -2.40. The quantitative estimate of drug-likeness (QED) is 0.793. The normalized spacial score (nSPS) is 16.2. The lowest BCUT2D eigenvalue weighted by Gasteiger charge is -2.32. The summed E-state index contributed by atoms with van der Waals surface area (Å²) in [6, 6.07) is 7.68. The number of hydrogen-bond acceptors (Lipinski definition) is 3. The number of alkyl halides is 1. The zero-order chi connectivity index (χ0) is 15.8. The van der Waals surface area contributed by atoms with Gasteiger partial charge in [0.05, 0.1) is 25.9 Å². The molecule has 1 aromatic carbocycles. The average molecular weight is 309 g/mol. The van der Waals surface area contributed by atoms with E-state index in [9.17, 15) is 9.18 Å². The maximum Gasteiger partial charge on any atom is 0.315 e. The van der Waals surface area contributed by atoms with E-state index in [1.54, 1.807) is 0 Å². The van der Waals surface area contributed by atoms with E-state index in [-0.39, 0.29) is 12.1 Å². The Kier molecular flexibility index (Phi) is 6.45. The number of benzene rings is 1. The first-order chi connectivity index (χ1) is 10.7. The first-order valence-electron chi connectivity index (χ1n) is 7.74. The molecular formula is C16H24FN3O2. The number of morpholine rings is 1. The van der Waals surface area contributed by atoms with Crippen LogP contribution in [0.3, 0.4) is 0 Å². The number of hydrogen-bond donors (Lipinski definition) is 2. The number of anilines is 1. The molecule has 1 heterocycles. The van der Waals surface area contributed by atoms with Crippen LogP contribution in [0.1, 0.15) is 24.9 Å². The third-order valence-corrected chi connectivity index (χ3v) is 3.70. The van der Waals surface area contributed by atoms with Crippen LogP contribution in [-0.2, 0) is 4.74 Å². The Labute approximate surface area is 130 Å². The molecule has 122 valence electrons. The summed E-state index contributed by atoms with van der Waals surface area (Å²) in [4.78, 5) is 14.1. The van der Waals surface area contributed by atoms with Gasteiger partial charge in [-0.1, -0.05) is 18.2 Å². The zero-order valence-corrected chi connectivity index (χ0v) is 13.0. The molecule has 2 amide bonds. The van der Waals surface area contributed by atoms with Crippen molar-refractivity contribution in [2.75, 3.05) is 44.4 Å². The van der Waals surface area contributed by atoms with Gasteiger partial charge in [-0.2, -0.15) is 0 Å². The van der Waals surface area contributed by atoms with Crippen molar-refractivity contribution in [2.24, 2.45) is 0 Å². The number of rotatable bonds is 6. The number of carbonyl (C=O) groups is 1. The Balaban J connectivity index is 1.99. The molecule has 0 spiro atoms. The number of nitrogens with zero attached hydrogens (tertiary/aromatic N) is 1. The van der Waals surface area contributed by atoms with Crippen LogP contribution in [0.25, 0.3) is 0 Å². The molecule has 1 aliphatic heterocycles. The first-order valence-corrected chi connectivity index (χ1v) is 7.74. The van der Waals surface area contributed by atoms with Crippen molar-refractivity contribution < 1.29 is 13.9 Å². The van der Waals surface area contributed by atoms with E-state index in [1.165, 1.54) is 0 Å². The van der Waals surface area contributed by atoms with Gasteiger partial charge in [-0.3, -0.25) is 4.39 Å². The Morgan fingerprint density at radius 2 is 2.09 bits per heavy atom. The largest absolute Gasteiger partial charge is 0.378 e. The standard InChI is InChI=1S/C16H24FN3O2/c1-13(19-16(21)18-8-4-7-17)14-5-2-3-6-15(14)20-9-11-22-12-10-20/h2-3,5-6,13H,4,7-12H2,1H3,(H2,18,19,21)/t13-/m0/s1. The highest BCUT2D eigenvalue weighted by molar-refractivity contribution is 5.74. The Morgan fingerprint density at radius 1 is 1.36 bits per heavy atom. The summed E-state index contributed by atoms with van der Waals surface area (Å²) in [6.07, 6.45) is 0.339. The second-order valence-electron chi connectivity index (χ2n) is 5.32. The van der Waals surface area contributed by atoms with E-state index in [0.717, 1.165) is 37.6 Å². The van der Waals surface area contributed by atoms with Gasteiger partial charge in [0.2, 0.25) is 0 Å². The summed E-state index contributed by atoms with van der Waals surface area (Å²) < 4.78 is 17.4. The fourth-order valence-electron chi connectivity index (χ4n) is 2.54. The topological polar surface area (TPSA) is 53.6 Å². The van der Waals surface area contributed by atoms with E-state index in [1.807, 2.05) is 25.1 Å². The molecule has 2 rings (SSSR count). The van der Waals surface area contributed by atoms with Crippen LogP contribution >= 0.6 is 0 Å². The van der Waals surface area contributed by atoms with Crippen molar-refractivity contribution in [1.82, 2.24) is 10.6 Å². The van der Waals surface area contributed by atoms with Gasteiger partial charge >= 0.3 is 6.03 Å². The summed E-state index contributed by atoms with van der Waals surface area (Å²) in [6.45, 7) is 5.03. The number of para-hydroxylation sites is 1. The van der Waals surface area contributed by atoms with Crippen molar-refractivity contribution in [1.29, 1.82) is 0 Å². The smallest absolute Gasteiger partial charge is 0.315 e. The Morgan fingerprint density at radius 3 is 2.82 bits per heavy atom. The van der Waals surface area contributed by atoms with E-state index in [0.29, 0.717) is 13.0 Å². The van der Waals surface area contributed by atoms with Crippen LogP contribution in [0.2, 0.25) is 0 Å². The predicted octanol–water partition coefficient (Wildman–Crippen LogP) is 2.24. The highest BCUT2D eigenvalue weighted by Gasteiger charge is 2.18. The molecule has 2 N–H and O–H groups in total. The van der Waals surface area contributed by atoms with Crippen LogP contribution in [-0.4, -0.2) is 45.6 Å². The Bertz CT molecular complexity index is 478. The molecule has 6 heteroatoms. The minimum atomic E-state index is -0.421. The molecule has 0 radical (unpaired) electrons. The van der Waals surface area contributed by atoms with E-state index >= 15 is 0 Å². The molecule has 1 aromatic rings. The second kappa shape index (κ2) is 8.58. The Hall–Kier alpha value is -1.82. The van der Waals surface area contributed by atoms with Gasteiger partial charge in [0.1, 0.15) is 0 Å². The number of nitrogens with one attached hydrogen (secondary N) is 2. The number of amides is 2. The molecule has 0 bridgehead atoms. The highest BCUT2D eigenvalue weighted by Crippen LogP contribution is 2.26. The molecule has 5 nitrogen and oxygen atoms in total. The average Bonchev–Trinajstić information content (AvgIpc) is 2.56. The van der Waals surface area contributed by atoms with Crippen LogP contribution < -0.4 is 15.5 Å². The van der Waals surface area contributed by atoms with Gasteiger partial charge in [0.15, 0.2) is 0 Å². The van der Waals surface area contributed by atoms with Crippen LogP contribution in [0.5, 0.6) is 0 Å². The van der Waals surface area contributed by atoms with Gasteiger partial charge in [0, 0.05) is 25.3 Å². The van der Waals surface area contributed by atoms with Crippen LogP contribution in [0, 0.1) is 0 Å². The van der Waals surface area contributed by atoms with Crippen molar-refractivity contribution in [3.8, 4) is 0 Å². The van der Waals surface area contributed by atoms with Gasteiger partial charge < -0.3 is 20.3 Å². The fourth-order valence-corrected chi connectivity index (χ4v) is 2.54. The fraction of sp³-hybridized carbons (Fsp3) is 0.562. The minimum Gasteiger partial charge on any atom is -0.378 e. The molecule has 0 saturated carbocycles. The number of urea groups is 1. The zero-order valence-electron chi connectivity index (χ0n) is 13.0. The molecule has 0 unspecified atom stereocenters. The third kappa shape index (κ3) is 4.59. The van der Waals surface area contributed by atoms with Gasteiger partial charge in [-0.15, -0.1) is 0 Å². The lowest BCUT2D eigenvalue weighted by molar-refractivity contribution is 0.122. The molecular weight excluding hydrogens is 285 g/mol. The van der Waals surface area contributed by atoms with Crippen molar-refractivity contribution in [2.45, 2.75) is 19.4 Å². The van der Waals surface area contributed by atoms with Gasteiger partial charge in [0.25, 0.3) is 0 Å². The molecule has 0 aromatic heterocycles. The second-order valence-corrected chi connectivity index (χ2v) is 5.32. The summed E-state index contributed by atoms with van der Waals surface area (Å²) in [5.74, 6) is 0. The first kappa shape index (κ1) is 16.5. The molecule has 1 saturated heterocycles. The SMILES string of the molecule is C[C@H](NC(=O)NCCCF)c1ccccc1N1CCOCC1. The molecule has 1 aliphatic rings. The predicted molar refractivity (Wildman–Crippen MR) is 85.0 cm³/mol.